The van der Waals surface area contributed by atoms with E-state index < -0.39 is 0 Å². The maximum absolute atomic E-state index is 12.7. The fourth-order valence-electron chi connectivity index (χ4n) is 3.47. The molecule has 0 spiro atoms. The van der Waals surface area contributed by atoms with Crippen LogP contribution in [0.25, 0.3) is 5.65 Å². The first kappa shape index (κ1) is 21.0. The van der Waals surface area contributed by atoms with E-state index in [0.717, 1.165) is 36.4 Å². The van der Waals surface area contributed by atoms with Gasteiger partial charge in [-0.25, -0.2) is 0 Å². The molecule has 1 aromatic carbocycles. The normalized spacial score (nSPS) is 16.4. The van der Waals surface area contributed by atoms with Gasteiger partial charge in [0.15, 0.2) is 5.65 Å². The van der Waals surface area contributed by atoms with E-state index in [9.17, 15) is 4.79 Å². The van der Waals surface area contributed by atoms with Gasteiger partial charge < -0.3 is 10.6 Å². The lowest BCUT2D eigenvalue weighted by atomic mass is 9.96. The number of anilines is 1. The van der Waals surface area contributed by atoms with E-state index in [0.29, 0.717) is 18.7 Å². The molecule has 2 N–H and O–H groups in total. The summed E-state index contributed by atoms with van der Waals surface area (Å²) in [5, 5.41) is 8.60. The number of pyridine rings is 1. The number of fused-ring (bicyclic) bond motifs is 1. The zero-order valence-corrected chi connectivity index (χ0v) is 16.5. The third-order valence-electron chi connectivity index (χ3n) is 4.81. The van der Waals surface area contributed by atoms with Crippen molar-refractivity contribution in [3.05, 3.63) is 60.0 Å². The van der Waals surface area contributed by atoms with E-state index in [4.69, 9.17) is 5.73 Å². The molecule has 6 nitrogen and oxygen atoms in total. The van der Waals surface area contributed by atoms with E-state index >= 15 is 0 Å². The zero-order valence-electron chi connectivity index (χ0n) is 14.8. The minimum Gasteiger partial charge on any atom is -0.399 e. The van der Waals surface area contributed by atoms with Crippen LogP contribution in [-0.2, 0) is 11.2 Å². The summed E-state index contributed by atoms with van der Waals surface area (Å²) in [6, 6.07) is 13.4. The van der Waals surface area contributed by atoms with Crippen molar-refractivity contribution in [2.75, 3.05) is 18.8 Å². The zero-order chi connectivity index (χ0) is 17.2. The number of rotatable bonds is 3. The Bertz CT molecular complexity index is 897. The molecule has 1 aliphatic heterocycles. The predicted octanol–water partition coefficient (Wildman–Crippen LogP) is 3.10. The van der Waals surface area contributed by atoms with Gasteiger partial charge in [0.1, 0.15) is 5.82 Å². The number of benzene rings is 1. The maximum Gasteiger partial charge on any atom is 0.227 e. The second-order valence-electron chi connectivity index (χ2n) is 6.58. The van der Waals surface area contributed by atoms with Crippen molar-refractivity contribution in [1.29, 1.82) is 0 Å². The highest BCUT2D eigenvalue weighted by molar-refractivity contribution is 5.85. The average Bonchev–Trinajstić information content (AvgIpc) is 3.08. The molecule has 0 aliphatic carbocycles. The molecule has 0 saturated carbocycles. The number of nitrogens with two attached hydrogens (primary N) is 1. The Labute approximate surface area is 170 Å². The lowest BCUT2D eigenvalue weighted by Crippen LogP contribution is -2.40. The number of piperidine rings is 1. The molecule has 1 saturated heterocycles. The molecule has 3 heterocycles. The number of carbonyl (C=O) groups excluding carboxylic acids is 1. The van der Waals surface area contributed by atoms with Crippen LogP contribution >= 0.6 is 24.8 Å². The Morgan fingerprint density at radius 2 is 1.89 bits per heavy atom. The van der Waals surface area contributed by atoms with Crippen LogP contribution in [0.5, 0.6) is 0 Å². The van der Waals surface area contributed by atoms with Crippen molar-refractivity contribution < 1.29 is 4.79 Å². The van der Waals surface area contributed by atoms with Gasteiger partial charge in [-0.3, -0.25) is 9.20 Å². The van der Waals surface area contributed by atoms with Gasteiger partial charge in [0, 0.05) is 30.9 Å². The van der Waals surface area contributed by atoms with E-state index in [1.54, 1.807) is 0 Å². The molecule has 27 heavy (non-hydrogen) atoms. The Kier molecular flexibility index (Phi) is 7.05. The summed E-state index contributed by atoms with van der Waals surface area (Å²) in [5.74, 6) is 1.32. The van der Waals surface area contributed by atoms with Gasteiger partial charge in [0.2, 0.25) is 5.91 Å². The molecule has 0 radical (unpaired) electrons. The summed E-state index contributed by atoms with van der Waals surface area (Å²) < 4.78 is 2.03. The molecule has 144 valence electrons. The summed E-state index contributed by atoms with van der Waals surface area (Å²) in [6.07, 6.45) is 4.41. The summed E-state index contributed by atoms with van der Waals surface area (Å²) in [7, 11) is 0. The molecule has 8 heteroatoms. The number of nitrogens with zero attached hydrogens (tertiary/aromatic N) is 4. The summed E-state index contributed by atoms with van der Waals surface area (Å²) >= 11 is 0. The Morgan fingerprint density at radius 1 is 1.11 bits per heavy atom. The molecule has 0 bridgehead atoms. The molecular formula is C19H23Cl2N5O. The molecule has 1 amide bonds. The van der Waals surface area contributed by atoms with E-state index in [1.807, 2.05) is 58.0 Å². The third-order valence-corrected chi connectivity index (χ3v) is 4.81. The van der Waals surface area contributed by atoms with Crippen LogP contribution in [-0.4, -0.2) is 38.5 Å². The minimum atomic E-state index is 0. The molecule has 1 fully saturated rings. The van der Waals surface area contributed by atoms with Crippen LogP contribution in [0.15, 0.2) is 48.7 Å². The van der Waals surface area contributed by atoms with Gasteiger partial charge >= 0.3 is 0 Å². The van der Waals surface area contributed by atoms with E-state index in [2.05, 4.69) is 10.2 Å². The Hall–Kier alpha value is -2.31. The SMILES string of the molecule is Cl.Cl.Nc1ccc(CC(=O)N2CCCC(c3nnc4ccccn34)C2)cc1. The van der Waals surface area contributed by atoms with Crippen LogP contribution in [0, 0.1) is 0 Å². The monoisotopic (exact) mass is 407 g/mol. The van der Waals surface area contributed by atoms with E-state index in [-0.39, 0.29) is 36.6 Å². The smallest absolute Gasteiger partial charge is 0.227 e. The van der Waals surface area contributed by atoms with Crippen molar-refractivity contribution in [1.82, 2.24) is 19.5 Å². The average molecular weight is 408 g/mol. The standard InChI is InChI=1S/C19H21N5O.2ClH/c20-16-8-6-14(7-9-16)12-18(25)23-10-3-4-15(13-23)19-22-21-17-5-1-2-11-24(17)19;;/h1-2,5-9,11,15H,3-4,10,12-13,20H2;2*1H. The summed E-state index contributed by atoms with van der Waals surface area (Å²) in [5.41, 5.74) is 8.27. The highest BCUT2D eigenvalue weighted by Crippen LogP contribution is 2.26. The lowest BCUT2D eigenvalue weighted by molar-refractivity contribution is -0.131. The number of likely N-dealkylation sites (tertiary alicyclic amines) is 1. The number of halogens is 2. The fourth-order valence-corrected chi connectivity index (χ4v) is 3.47. The van der Waals surface area contributed by atoms with Crippen molar-refractivity contribution in [2.24, 2.45) is 0 Å². The number of hydrogen-bond acceptors (Lipinski definition) is 4. The van der Waals surface area contributed by atoms with Gasteiger partial charge in [-0.1, -0.05) is 18.2 Å². The number of aromatic nitrogens is 3. The quantitative estimate of drug-likeness (QED) is 0.676. The first-order valence-electron chi connectivity index (χ1n) is 8.62. The largest absolute Gasteiger partial charge is 0.399 e. The highest BCUT2D eigenvalue weighted by Gasteiger charge is 2.27. The second-order valence-corrected chi connectivity index (χ2v) is 6.58. The maximum atomic E-state index is 12.7. The van der Waals surface area contributed by atoms with Gasteiger partial charge in [0.05, 0.1) is 6.42 Å². The lowest BCUT2D eigenvalue weighted by Gasteiger charge is -2.32. The van der Waals surface area contributed by atoms with Crippen molar-refractivity contribution in [2.45, 2.75) is 25.2 Å². The van der Waals surface area contributed by atoms with Gasteiger partial charge in [-0.15, -0.1) is 35.0 Å². The van der Waals surface area contributed by atoms with Crippen LogP contribution in [0.3, 0.4) is 0 Å². The highest BCUT2D eigenvalue weighted by atomic mass is 35.5. The van der Waals surface area contributed by atoms with Gasteiger partial charge in [0.25, 0.3) is 0 Å². The van der Waals surface area contributed by atoms with Crippen molar-refractivity contribution in [3.8, 4) is 0 Å². The van der Waals surface area contributed by atoms with Crippen LogP contribution in [0.1, 0.15) is 30.1 Å². The molecule has 3 aromatic rings. The number of nitrogen functional groups attached to an aromatic ring is 1. The minimum absolute atomic E-state index is 0. The Balaban J connectivity index is 0.00000131. The molecule has 1 atom stereocenters. The third kappa shape index (κ3) is 4.51. The van der Waals surface area contributed by atoms with Crippen LogP contribution in [0.4, 0.5) is 5.69 Å². The molecule has 2 aromatic heterocycles. The molecule has 1 aliphatic rings. The second kappa shape index (κ2) is 9.06. The van der Waals surface area contributed by atoms with Crippen LogP contribution in [0.2, 0.25) is 0 Å². The number of amides is 1. The summed E-state index contributed by atoms with van der Waals surface area (Å²) in [4.78, 5) is 14.6. The topological polar surface area (TPSA) is 76.5 Å². The molecular weight excluding hydrogens is 385 g/mol. The number of carbonyl (C=O) groups is 1. The van der Waals surface area contributed by atoms with Gasteiger partial charge in [-0.2, -0.15) is 0 Å². The van der Waals surface area contributed by atoms with Crippen molar-refractivity contribution in [3.63, 3.8) is 0 Å². The summed E-state index contributed by atoms with van der Waals surface area (Å²) in [6.45, 7) is 1.50. The first-order valence-corrected chi connectivity index (χ1v) is 8.62. The van der Waals surface area contributed by atoms with Gasteiger partial charge in [-0.05, 0) is 42.7 Å². The molecule has 4 rings (SSSR count). The van der Waals surface area contributed by atoms with E-state index in [1.165, 1.54) is 0 Å². The fraction of sp³-hybridized carbons (Fsp3) is 0.316. The van der Waals surface area contributed by atoms with Crippen molar-refractivity contribution >= 4 is 42.1 Å². The number of hydrogen-bond donors (Lipinski definition) is 1. The van der Waals surface area contributed by atoms with Crippen LogP contribution < -0.4 is 5.73 Å². The Morgan fingerprint density at radius 3 is 2.67 bits per heavy atom. The predicted molar refractivity (Wildman–Crippen MR) is 111 cm³/mol. The first-order chi connectivity index (χ1) is 12.2. The molecule has 1 unspecified atom stereocenters.